The van der Waals surface area contributed by atoms with Gasteiger partial charge in [-0.15, -0.1) is 0 Å². The van der Waals surface area contributed by atoms with Crippen LogP contribution < -0.4 is 10.1 Å². The highest BCUT2D eigenvalue weighted by atomic mass is 16.5. The predicted molar refractivity (Wildman–Crippen MR) is 79.8 cm³/mol. The van der Waals surface area contributed by atoms with Crippen LogP contribution in [-0.4, -0.2) is 30.9 Å². The molecule has 0 heterocycles. The summed E-state index contributed by atoms with van der Waals surface area (Å²) < 4.78 is 5.18. The van der Waals surface area contributed by atoms with Gasteiger partial charge in [0.2, 0.25) is 0 Å². The Morgan fingerprint density at radius 1 is 1.16 bits per heavy atom. The zero-order chi connectivity index (χ0) is 14.3. The quantitative estimate of drug-likeness (QED) is 0.759. The first-order valence-electron chi connectivity index (χ1n) is 7.09. The van der Waals surface area contributed by atoms with E-state index in [1.54, 1.807) is 7.11 Å². The van der Waals surface area contributed by atoms with E-state index in [0.717, 1.165) is 18.6 Å². The van der Waals surface area contributed by atoms with Crippen molar-refractivity contribution < 1.29 is 9.84 Å². The third-order valence-corrected chi connectivity index (χ3v) is 3.73. The molecule has 3 nitrogen and oxygen atoms in total. The molecule has 0 aliphatic heterocycles. The van der Waals surface area contributed by atoms with E-state index in [1.165, 1.54) is 5.56 Å². The van der Waals surface area contributed by atoms with Crippen LogP contribution in [0.2, 0.25) is 0 Å². The van der Waals surface area contributed by atoms with Crippen molar-refractivity contribution in [1.29, 1.82) is 0 Å². The monoisotopic (exact) mass is 265 g/mol. The van der Waals surface area contributed by atoms with Gasteiger partial charge in [-0.25, -0.2) is 0 Å². The first kappa shape index (κ1) is 16.0. The zero-order valence-corrected chi connectivity index (χ0v) is 12.5. The standard InChI is InChI=1S/C16H27NO2/c1-12(6-5-11-18)17-14(3)13(2)15-7-9-16(19-4)10-8-15/h7-10,12-14,17-18H,5-6,11H2,1-4H3. The van der Waals surface area contributed by atoms with Crippen LogP contribution in [0.25, 0.3) is 0 Å². The minimum Gasteiger partial charge on any atom is -0.497 e. The molecule has 1 rings (SSSR count). The van der Waals surface area contributed by atoms with Crippen molar-refractivity contribution in [3.05, 3.63) is 29.8 Å². The molecule has 3 atom stereocenters. The molecule has 19 heavy (non-hydrogen) atoms. The van der Waals surface area contributed by atoms with Gasteiger partial charge in [-0.05, 0) is 50.3 Å². The van der Waals surface area contributed by atoms with E-state index in [4.69, 9.17) is 9.84 Å². The SMILES string of the molecule is COc1ccc(C(C)C(C)NC(C)CCCO)cc1. The van der Waals surface area contributed by atoms with Gasteiger partial charge in [0, 0.05) is 18.7 Å². The van der Waals surface area contributed by atoms with Gasteiger partial charge in [-0.1, -0.05) is 19.1 Å². The lowest BCUT2D eigenvalue weighted by Crippen LogP contribution is -2.37. The fourth-order valence-corrected chi connectivity index (χ4v) is 2.27. The van der Waals surface area contributed by atoms with Crippen LogP contribution in [-0.2, 0) is 0 Å². The molecule has 0 saturated carbocycles. The number of ether oxygens (including phenoxy) is 1. The molecule has 0 amide bonds. The predicted octanol–water partition coefficient (Wildman–Crippen LogP) is 2.94. The van der Waals surface area contributed by atoms with Crippen LogP contribution in [0.3, 0.4) is 0 Å². The summed E-state index contributed by atoms with van der Waals surface area (Å²) in [7, 11) is 1.69. The Labute approximate surface area is 117 Å². The summed E-state index contributed by atoms with van der Waals surface area (Å²) in [5.74, 6) is 1.34. The van der Waals surface area contributed by atoms with Crippen molar-refractivity contribution >= 4 is 0 Å². The van der Waals surface area contributed by atoms with Crippen molar-refractivity contribution in [3.8, 4) is 5.75 Å². The Balaban J connectivity index is 2.52. The maximum atomic E-state index is 8.85. The van der Waals surface area contributed by atoms with E-state index >= 15 is 0 Å². The summed E-state index contributed by atoms with van der Waals surface area (Å²) in [5, 5.41) is 12.4. The number of hydrogen-bond donors (Lipinski definition) is 2. The summed E-state index contributed by atoms with van der Waals surface area (Å²) in [4.78, 5) is 0. The summed E-state index contributed by atoms with van der Waals surface area (Å²) in [6.45, 7) is 6.89. The van der Waals surface area contributed by atoms with Crippen LogP contribution in [0.15, 0.2) is 24.3 Å². The van der Waals surface area contributed by atoms with Crippen molar-refractivity contribution in [1.82, 2.24) is 5.32 Å². The molecule has 0 aliphatic rings. The van der Waals surface area contributed by atoms with E-state index < -0.39 is 0 Å². The van der Waals surface area contributed by atoms with Crippen molar-refractivity contribution in [2.45, 2.75) is 51.6 Å². The Bertz CT molecular complexity index is 350. The highest BCUT2D eigenvalue weighted by Crippen LogP contribution is 2.22. The number of rotatable bonds is 8. The minimum atomic E-state index is 0.272. The highest BCUT2D eigenvalue weighted by Gasteiger charge is 2.16. The van der Waals surface area contributed by atoms with Crippen LogP contribution in [0.5, 0.6) is 5.75 Å². The normalized spacial score (nSPS) is 15.8. The molecule has 0 saturated heterocycles. The average Bonchev–Trinajstić information content (AvgIpc) is 2.44. The van der Waals surface area contributed by atoms with Crippen molar-refractivity contribution in [3.63, 3.8) is 0 Å². The van der Waals surface area contributed by atoms with Gasteiger partial charge in [-0.3, -0.25) is 0 Å². The second-order valence-corrected chi connectivity index (χ2v) is 5.28. The topological polar surface area (TPSA) is 41.5 Å². The Morgan fingerprint density at radius 2 is 1.79 bits per heavy atom. The van der Waals surface area contributed by atoms with Crippen LogP contribution in [0.1, 0.15) is 45.1 Å². The maximum Gasteiger partial charge on any atom is 0.118 e. The smallest absolute Gasteiger partial charge is 0.118 e. The maximum absolute atomic E-state index is 8.85. The van der Waals surface area contributed by atoms with Gasteiger partial charge in [0.25, 0.3) is 0 Å². The van der Waals surface area contributed by atoms with E-state index in [-0.39, 0.29) is 6.61 Å². The zero-order valence-electron chi connectivity index (χ0n) is 12.5. The Hall–Kier alpha value is -1.06. The van der Waals surface area contributed by atoms with Gasteiger partial charge in [0.05, 0.1) is 7.11 Å². The van der Waals surface area contributed by atoms with Gasteiger partial charge < -0.3 is 15.2 Å². The van der Waals surface area contributed by atoms with Crippen molar-refractivity contribution in [2.24, 2.45) is 0 Å². The summed E-state index contributed by atoms with van der Waals surface area (Å²) in [5.41, 5.74) is 1.31. The second kappa shape index (κ2) is 8.18. The number of aliphatic hydroxyl groups excluding tert-OH is 1. The molecule has 1 aromatic carbocycles. The molecule has 3 unspecified atom stereocenters. The van der Waals surface area contributed by atoms with E-state index in [1.807, 2.05) is 12.1 Å². The van der Waals surface area contributed by atoms with Crippen LogP contribution in [0.4, 0.5) is 0 Å². The molecular weight excluding hydrogens is 238 g/mol. The fraction of sp³-hybridized carbons (Fsp3) is 0.625. The fourth-order valence-electron chi connectivity index (χ4n) is 2.27. The van der Waals surface area contributed by atoms with Crippen LogP contribution in [0, 0.1) is 0 Å². The van der Waals surface area contributed by atoms with Gasteiger partial charge in [0.15, 0.2) is 0 Å². The minimum absolute atomic E-state index is 0.272. The molecule has 0 radical (unpaired) electrons. The summed E-state index contributed by atoms with van der Waals surface area (Å²) >= 11 is 0. The number of aliphatic hydroxyl groups is 1. The van der Waals surface area contributed by atoms with Gasteiger partial charge in [0.1, 0.15) is 5.75 Å². The van der Waals surface area contributed by atoms with E-state index in [0.29, 0.717) is 18.0 Å². The lowest BCUT2D eigenvalue weighted by molar-refractivity contribution is 0.272. The molecule has 0 aliphatic carbocycles. The van der Waals surface area contributed by atoms with E-state index in [2.05, 4.69) is 38.2 Å². The molecular formula is C16H27NO2. The van der Waals surface area contributed by atoms with Crippen LogP contribution >= 0.6 is 0 Å². The average molecular weight is 265 g/mol. The van der Waals surface area contributed by atoms with E-state index in [9.17, 15) is 0 Å². The first-order valence-corrected chi connectivity index (χ1v) is 7.09. The van der Waals surface area contributed by atoms with Gasteiger partial charge >= 0.3 is 0 Å². The molecule has 2 N–H and O–H groups in total. The molecule has 0 spiro atoms. The van der Waals surface area contributed by atoms with Gasteiger partial charge in [-0.2, -0.15) is 0 Å². The summed E-state index contributed by atoms with van der Waals surface area (Å²) in [6, 6.07) is 9.10. The van der Waals surface area contributed by atoms with Crippen molar-refractivity contribution in [2.75, 3.05) is 13.7 Å². The largest absolute Gasteiger partial charge is 0.497 e. The Morgan fingerprint density at radius 3 is 2.32 bits per heavy atom. The second-order valence-electron chi connectivity index (χ2n) is 5.28. The molecule has 108 valence electrons. The Kier molecular flexibility index (Phi) is 6.89. The lowest BCUT2D eigenvalue weighted by Gasteiger charge is -2.25. The number of hydrogen-bond acceptors (Lipinski definition) is 3. The number of nitrogens with one attached hydrogen (secondary N) is 1. The molecule has 0 aromatic heterocycles. The highest BCUT2D eigenvalue weighted by molar-refractivity contribution is 5.29. The lowest BCUT2D eigenvalue weighted by atomic mass is 9.93. The third kappa shape index (κ3) is 5.21. The molecule has 1 aromatic rings. The first-order chi connectivity index (χ1) is 9.08. The summed E-state index contributed by atoms with van der Waals surface area (Å²) in [6.07, 6.45) is 1.87. The third-order valence-electron chi connectivity index (χ3n) is 3.73. The molecule has 0 bridgehead atoms. The number of benzene rings is 1. The molecule has 3 heteroatoms. The number of methoxy groups -OCH3 is 1. The molecule has 0 fully saturated rings.